The van der Waals surface area contributed by atoms with Gasteiger partial charge in [-0.2, -0.15) is 4.99 Å². The van der Waals surface area contributed by atoms with Crippen LogP contribution in [-0.4, -0.2) is 39.0 Å². The zero-order valence-corrected chi connectivity index (χ0v) is 19.8. The molecule has 2 aliphatic heterocycles. The van der Waals surface area contributed by atoms with Crippen molar-refractivity contribution in [3.05, 3.63) is 95.6 Å². The number of carbonyl (C=O) groups is 2. The number of amides is 2. The molecule has 2 unspecified atom stereocenters. The summed E-state index contributed by atoms with van der Waals surface area (Å²) in [6.45, 7) is 3.83. The highest BCUT2D eigenvalue weighted by atomic mass is 32.2. The van der Waals surface area contributed by atoms with E-state index < -0.39 is 11.3 Å². The van der Waals surface area contributed by atoms with Crippen LogP contribution in [0, 0.1) is 6.92 Å². The molecular formula is C27H24N4O2S. The molecule has 34 heavy (non-hydrogen) atoms. The van der Waals surface area contributed by atoms with Gasteiger partial charge in [-0.3, -0.25) is 14.5 Å². The van der Waals surface area contributed by atoms with Crippen molar-refractivity contribution in [2.24, 2.45) is 9.98 Å². The fourth-order valence-corrected chi connectivity index (χ4v) is 5.06. The Kier molecular flexibility index (Phi) is 6.02. The first-order valence-corrected chi connectivity index (χ1v) is 12.1. The van der Waals surface area contributed by atoms with Crippen molar-refractivity contribution >= 4 is 46.0 Å². The van der Waals surface area contributed by atoms with Gasteiger partial charge in [0.15, 0.2) is 5.17 Å². The number of nitrogens with zero attached hydrogens (tertiary/aromatic N) is 3. The van der Waals surface area contributed by atoms with E-state index in [9.17, 15) is 9.59 Å². The van der Waals surface area contributed by atoms with Crippen LogP contribution in [0.5, 0.6) is 0 Å². The highest BCUT2D eigenvalue weighted by molar-refractivity contribution is 8.14. The lowest BCUT2D eigenvalue weighted by Crippen LogP contribution is -2.45. The van der Waals surface area contributed by atoms with Crippen LogP contribution in [0.2, 0.25) is 0 Å². The SMILES string of the molecule is Cc1cccc(NC(=O)C(C)SC2=Nc3ccccc3C3=NC(=O)C(Cc4ccccc4)N23)c1. The van der Waals surface area contributed by atoms with Crippen LogP contribution in [0.4, 0.5) is 11.4 Å². The Hall–Kier alpha value is -3.71. The molecule has 0 bridgehead atoms. The van der Waals surface area contributed by atoms with E-state index in [-0.39, 0.29) is 11.8 Å². The predicted octanol–water partition coefficient (Wildman–Crippen LogP) is 4.96. The summed E-state index contributed by atoms with van der Waals surface area (Å²) in [5, 5.41) is 3.16. The second-order valence-electron chi connectivity index (χ2n) is 8.38. The molecule has 2 heterocycles. The molecule has 2 atom stereocenters. The minimum atomic E-state index is -0.496. The smallest absolute Gasteiger partial charge is 0.271 e. The molecule has 1 N–H and O–H groups in total. The molecule has 2 amide bonds. The number of para-hydroxylation sites is 1. The largest absolute Gasteiger partial charge is 0.325 e. The summed E-state index contributed by atoms with van der Waals surface area (Å²) in [4.78, 5) is 37.2. The van der Waals surface area contributed by atoms with E-state index in [1.165, 1.54) is 11.8 Å². The first-order valence-electron chi connectivity index (χ1n) is 11.2. The minimum absolute atomic E-state index is 0.124. The lowest BCUT2D eigenvalue weighted by Gasteiger charge is -2.32. The Balaban J connectivity index is 1.43. The number of thioether (sulfide) groups is 1. The normalized spacial score (nSPS) is 17.4. The van der Waals surface area contributed by atoms with Gasteiger partial charge in [-0.1, -0.05) is 66.4 Å². The summed E-state index contributed by atoms with van der Waals surface area (Å²) in [7, 11) is 0. The van der Waals surface area contributed by atoms with Gasteiger partial charge in [0.1, 0.15) is 11.9 Å². The highest BCUT2D eigenvalue weighted by Gasteiger charge is 2.42. The zero-order valence-electron chi connectivity index (χ0n) is 18.9. The Morgan fingerprint density at radius 1 is 1.03 bits per heavy atom. The summed E-state index contributed by atoms with van der Waals surface area (Å²) in [5.74, 6) is 0.284. The lowest BCUT2D eigenvalue weighted by molar-refractivity contribution is -0.119. The van der Waals surface area contributed by atoms with E-state index >= 15 is 0 Å². The second kappa shape index (κ2) is 9.27. The maximum absolute atomic E-state index is 13.0. The molecule has 0 fully saturated rings. The molecule has 0 spiro atoms. The second-order valence-corrected chi connectivity index (χ2v) is 9.69. The molecule has 3 aromatic rings. The van der Waals surface area contributed by atoms with Gasteiger partial charge in [-0.25, -0.2) is 4.99 Å². The molecule has 0 aromatic heterocycles. The van der Waals surface area contributed by atoms with E-state index in [1.54, 1.807) is 0 Å². The van der Waals surface area contributed by atoms with Crippen molar-refractivity contribution in [3.8, 4) is 0 Å². The quantitative estimate of drug-likeness (QED) is 0.575. The number of rotatable bonds is 5. The van der Waals surface area contributed by atoms with Crippen LogP contribution in [0.25, 0.3) is 0 Å². The maximum Gasteiger partial charge on any atom is 0.271 e. The van der Waals surface area contributed by atoms with Gasteiger partial charge in [0.05, 0.1) is 10.9 Å². The van der Waals surface area contributed by atoms with Gasteiger partial charge < -0.3 is 5.32 Å². The van der Waals surface area contributed by atoms with Crippen molar-refractivity contribution in [1.29, 1.82) is 0 Å². The Morgan fingerprint density at radius 3 is 2.59 bits per heavy atom. The molecule has 5 rings (SSSR count). The van der Waals surface area contributed by atoms with Gasteiger partial charge in [0.25, 0.3) is 5.91 Å². The number of nitrogens with one attached hydrogen (secondary N) is 1. The number of hydrogen-bond donors (Lipinski definition) is 1. The lowest BCUT2D eigenvalue weighted by atomic mass is 10.0. The van der Waals surface area contributed by atoms with Crippen LogP contribution < -0.4 is 5.32 Å². The van der Waals surface area contributed by atoms with Crippen LogP contribution in [-0.2, 0) is 16.0 Å². The van der Waals surface area contributed by atoms with Crippen LogP contribution in [0.3, 0.4) is 0 Å². The molecule has 0 saturated carbocycles. The number of anilines is 1. The summed E-state index contributed by atoms with van der Waals surface area (Å²) >= 11 is 1.34. The average Bonchev–Trinajstić information content (AvgIpc) is 3.16. The number of carbonyl (C=O) groups excluding carboxylic acids is 2. The number of hydrogen-bond acceptors (Lipinski definition) is 5. The monoisotopic (exact) mass is 468 g/mol. The Morgan fingerprint density at radius 2 is 1.79 bits per heavy atom. The molecule has 7 heteroatoms. The van der Waals surface area contributed by atoms with Gasteiger partial charge in [-0.15, -0.1) is 0 Å². The summed E-state index contributed by atoms with van der Waals surface area (Å²) < 4.78 is 0. The zero-order chi connectivity index (χ0) is 23.7. The number of fused-ring (bicyclic) bond motifs is 3. The highest BCUT2D eigenvalue weighted by Crippen LogP contribution is 2.36. The van der Waals surface area contributed by atoms with E-state index in [0.29, 0.717) is 17.4 Å². The van der Waals surface area contributed by atoms with Crippen molar-refractivity contribution in [1.82, 2.24) is 4.90 Å². The van der Waals surface area contributed by atoms with E-state index in [4.69, 9.17) is 4.99 Å². The maximum atomic E-state index is 13.0. The predicted molar refractivity (Wildman–Crippen MR) is 138 cm³/mol. The molecule has 2 aliphatic rings. The first-order chi connectivity index (χ1) is 16.5. The van der Waals surface area contributed by atoms with Crippen LogP contribution >= 0.6 is 11.8 Å². The summed E-state index contributed by atoms with van der Waals surface area (Å²) in [6.07, 6.45) is 0.512. The van der Waals surface area contributed by atoms with Gasteiger partial charge in [0.2, 0.25) is 5.91 Å². The standard InChI is InChI=1S/C27H24N4O2S/c1-17-9-8-12-20(15-17)28-25(32)18(2)34-27-29-22-14-7-6-13-21(22)24-30-26(33)23(31(24)27)16-19-10-4-3-5-11-19/h3-15,18,23H,16H2,1-2H3,(H,28,32). The molecule has 0 aliphatic carbocycles. The van der Waals surface area contributed by atoms with Crippen molar-refractivity contribution in [2.75, 3.05) is 5.32 Å². The molecule has 6 nitrogen and oxygen atoms in total. The molecule has 170 valence electrons. The number of benzene rings is 3. The van der Waals surface area contributed by atoms with Crippen LogP contribution in [0.1, 0.15) is 23.6 Å². The van der Waals surface area contributed by atoms with Gasteiger partial charge in [-0.05, 0) is 49.2 Å². The third kappa shape index (κ3) is 4.39. The fourth-order valence-electron chi connectivity index (χ4n) is 4.10. The Bertz CT molecular complexity index is 1320. The molecule has 0 radical (unpaired) electrons. The van der Waals surface area contributed by atoms with E-state index in [1.807, 2.05) is 97.6 Å². The minimum Gasteiger partial charge on any atom is -0.325 e. The average molecular weight is 469 g/mol. The first kappa shape index (κ1) is 22.1. The van der Waals surface area contributed by atoms with Crippen molar-refractivity contribution in [2.45, 2.75) is 31.6 Å². The summed E-state index contributed by atoms with van der Waals surface area (Å²) in [5.41, 5.74) is 4.46. The van der Waals surface area contributed by atoms with Crippen molar-refractivity contribution < 1.29 is 9.59 Å². The Labute approximate surface area is 202 Å². The third-order valence-electron chi connectivity index (χ3n) is 5.82. The van der Waals surface area contributed by atoms with Gasteiger partial charge >= 0.3 is 0 Å². The number of aliphatic imine (C=N–C) groups is 2. The number of amidine groups is 2. The third-order valence-corrected chi connectivity index (χ3v) is 6.88. The summed E-state index contributed by atoms with van der Waals surface area (Å²) in [6, 6.07) is 24.8. The van der Waals surface area contributed by atoms with Crippen LogP contribution in [0.15, 0.2) is 88.8 Å². The number of aryl methyl sites for hydroxylation is 1. The van der Waals surface area contributed by atoms with E-state index in [0.717, 1.165) is 28.1 Å². The van der Waals surface area contributed by atoms with Gasteiger partial charge in [0, 0.05) is 17.7 Å². The topological polar surface area (TPSA) is 74.1 Å². The molecule has 3 aromatic carbocycles. The molecule has 0 saturated heterocycles. The fraction of sp³-hybridized carbons (Fsp3) is 0.185. The van der Waals surface area contributed by atoms with E-state index in [2.05, 4.69) is 10.3 Å². The van der Waals surface area contributed by atoms with Crippen molar-refractivity contribution in [3.63, 3.8) is 0 Å². The molecular weight excluding hydrogens is 444 g/mol.